The predicted octanol–water partition coefficient (Wildman–Crippen LogP) is 4.64. The summed E-state index contributed by atoms with van der Waals surface area (Å²) in [5, 5.41) is 0.372. The van der Waals surface area contributed by atoms with Gasteiger partial charge in [0.05, 0.1) is 25.7 Å². The lowest BCUT2D eigenvalue weighted by Gasteiger charge is -2.31. The van der Waals surface area contributed by atoms with E-state index in [9.17, 15) is 18.4 Å². The van der Waals surface area contributed by atoms with Crippen molar-refractivity contribution in [2.24, 2.45) is 11.3 Å². The van der Waals surface area contributed by atoms with E-state index < -0.39 is 12.6 Å². The van der Waals surface area contributed by atoms with Gasteiger partial charge in [-0.2, -0.15) is 8.78 Å². The highest BCUT2D eigenvalue weighted by molar-refractivity contribution is 5.98. The molecule has 1 atom stereocenters. The van der Waals surface area contributed by atoms with E-state index in [0.717, 1.165) is 0 Å². The molecular weight excluding hydrogens is 384 g/mol. The highest BCUT2D eigenvalue weighted by atomic mass is 19.3. The van der Waals surface area contributed by atoms with Crippen LogP contribution in [0.3, 0.4) is 0 Å². The van der Waals surface area contributed by atoms with Crippen LogP contribution in [0, 0.1) is 11.3 Å². The maximum Gasteiger partial charge on any atom is 0.387 e. The molecule has 0 saturated heterocycles. The number of carbonyl (C=O) groups excluding carboxylic acids is 2. The lowest BCUT2D eigenvalue weighted by molar-refractivity contribution is -0.145. The van der Waals surface area contributed by atoms with E-state index >= 15 is 0 Å². The maximum absolute atomic E-state index is 12.8. The Bertz CT molecular complexity index is 870. The van der Waals surface area contributed by atoms with E-state index in [1.165, 1.54) is 19.2 Å². The van der Waals surface area contributed by atoms with E-state index in [-0.39, 0.29) is 41.8 Å². The minimum atomic E-state index is -2.99. The molecule has 1 aromatic carbocycles. The van der Waals surface area contributed by atoms with Gasteiger partial charge in [-0.05, 0) is 36.5 Å². The second-order valence-electron chi connectivity index (χ2n) is 7.77. The number of nitrogens with zero attached hydrogens (tertiary/aromatic N) is 1. The van der Waals surface area contributed by atoms with Gasteiger partial charge in [0.1, 0.15) is 11.4 Å². The third-order valence-corrected chi connectivity index (χ3v) is 4.86. The van der Waals surface area contributed by atoms with Gasteiger partial charge in [0.15, 0.2) is 0 Å². The van der Waals surface area contributed by atoms with Crippen LogP contribution in [0.5, 0.6) is 5.75 Å². The molecule has 0 N–H and O–H groups in total. The molecule has 2 rings (SSSR count). The van der Waals surface area contributed by atoms with Gasteiger partial charge in [0.25, 0.3) is 0 Å². The average molecular weight is 411 g/mol. The number of ether oxygens (including phenoxy) is 3. The van der Waals surface area contributed by atoms with Crippen molar-refractivity contribution >= 4 is 22.8 Å². The fourth-order valence-corrected chi connectivity index (χ4v) is 3.21. The van der Waals surface area contributed by atoms with Gasteiger partial charge in [0, 0.05) is 11.9 Å². The molecule has 160 valence electrons. The number of hydrogen-bond acceptors (Lipinski definition) is 5. The summed E-state index contributed by atoms with van der Waals surface area (Å²) in [5.74, 6) is -1.14. The molecule has 1 unspecified atom stereocenters. The van der Waals surface area contributed by atoms with Crippen molar-refractivity contribution in [3.8, 4) is 5.75 Å². The monoisotopic (exact) mass is 411 g/mol. The van der Waals surface area contributed by atoms with E-state index in [4.69, 9.17) is 9.47 Å². The molecule has 0 radical (unpaired) electrons. The molecule has 0 spiro atoms. The first-order valence-corrected chi connectivity index (χ1v) is 9.39. The van der Waals surface area contributed by atoms with Crippen LogP contribution in [-0.4, -0.2) is 36.8 Å². The van der Waals surface area contributed by atoms with Crippen molar-refractivity contribution in [2.75, 3.05) is 13.7 Å². The van der Waals surface area contributed by atoms with E-state index in [2.05, 4.69) is 4.74 Å². The zero-order valence-electron chi connectivity index (χ0n) is 17.3. The normalized spacial score (nSPS) is 12.8. The molecule has 0 aliphatic rings. The SMILES string of the molecule is CCOC(=O)CC(Cn1c(C(=O)OC)cc2c(OC(F)F)cccc21)C(C)(C)C. The lowest BCUT2D eigenvalue weighted by Crippen LogP contribution is -2.29. The Labute approximate surface area is 168 Å². The zero-order valence-corrected chi connectivity index (χ0v) is 17.3. The number of fused-ring (bicyclic) bond motifs is 1. The first kappa shape index (κ1) is 22.6. The fourth-order valence-electron chi connectivity index (χ4n) is 3.21. The third-order valence-electron chi connectivity index (χ3n) is 4.86. The molecule has 0 aliphatic heterocycles. The highest BCUT2D eigenvalue weighted by Crippen LogP contribution is 2.35. The molecule has 0 bridgehead atoms. The average Bonchev–Trinajstić information content (AvgIpc) is 2.99. The summed E-state index contributed by atoms with van der Waals surface area (Å²) in [6, 6.07) is 6.18. The molecule has 1 heterocycles. The van der Waals surface area contributed by atoms with Crippen molar-refractivity contribution in [2.45, 2.75) is 47.3 Å². The Morgan fingerprint density at radius 2 is 1.90 bits per heavy atom. The summed E-state index contributed by atoms with van der Waals surface area (Å²) in [7, 11) is 1.25. The molecule has 0 fully saturated rings. The first-order valence-electron chi connectivity index (χ1n) is 9.39. The van der Waals surface area contributed by atoms with Gasteiger partial charge in [-0.1, -0.05) is 26.8 Å². The largest absolute Gasteiger partial charge is 0.466 e. The van der Waals surface area contributed by atoms with Crippen LogP contribution >= 0.6 is 0 Å². The molecular formula is C21H27F2NO5. The van der Waals surface area contributed by atoms with Crippen LogP contribution in [0.1, 0.15) is 44.6 Å². The number of hydrogen-bond donors (Lipinski definition) is 0. The van der Waals surface area contributed by atoms with Crippen molar-refractivity contribution < 1.29 is 32.6 Å². The Kier molecular flexibility index (Phi) is 7.21. The minimum Gasteiger partial charge on any atom is -0.466 e. The summed E-state index contributed by atoms with van der Waals surface area (Å²) in [6.45, 7) is 5.31. The molecule has 8 heteroatoms. The van der Waals surface area contributed by atoms with E-state index in [1.807, 2.05) is 20.8 Å². The van der Waals surface area contributed by atoms with Crippen LogP contribution in [0.15, 0.2) is 24.3 Å². The summed E-state index contributed by atoms with van der Waals surface area (Å²) in [6.07, 6.45) is 0.158. The van der Waals surface area contributed by atoms with Crippen molar-refractivity contribution in [3.63, 3.8) is 0 Å². The number of methoxy groups -OCH3 is 1. The van der Waals surface area contributed by atoms with Crippen LogP contribution in [0.25, 0.3) is 10.9 Å². The third kappa shape index (κ3) is 5.46. The summed E-state index contributed by atoms with van der Waals surface area (Å²) in [5.41, 5.74) is 0.459. The van der Waals surface area contributed by atoms with Crippen LogP contribution < -0.4 is 4.74 Å². The number of esters is 2. The Balaban J connectivity index is 2.55. The number of alkyl halides is 2. The van der Waals surface area contributed by atoms with Crippen molar-refractivity contribution in [1.82, 2.24) is 4.57 Å². The minimum absolute atomic E-state index is 0.0286. The van der Waals surface area contributed by atoms with E-state index in [1.54, 1.807) is 23.6 Å². The highest BCUT2D eigenvalue weighted by Gasteiger charge is 2.30. The summed E-state index contributed by atoms with van der Waals surface area (Å²) < 4.78 is 41.8. The number of rotatable bonds is 8. The number of carbonyl (C=O) groups is 2. The Morgan fingerprint density at radius 1 is 1.21 bits per heavy atom. The predicted molar refractivity (Wildman–Crippen MR) is 104 cm³/mol. The topological polar surface area (TPSA) is 66.8 Å². The van der Waals surface area contributed by atoms with Crippen LogP contribution in [0.4, 0.5) is 8.78 Å². The van der Waals surface area contributed by atoms with Gasteiger partial charge in [-0.15, -0.1) is 0 Å². The Morgan fingerprint density at radius 3 is 2.45 bits per heavy atom. The van der Waals surface area contributed by atoms with Crippen LogP contribution in [-0.2, 0) is 20.8 Å². The summed E-state index contributed by atoms with van der Waals surface area (Å²) >= 11 is 0. The van der Waals surface area contributed by atoms with Gasteiger partial charge in [-0.25, -0.2) is 4.79 Å². The number of halogens is 2. The van der Waals surface area contributed by atoms with Gasteiger partial charge in [-0.3, -0.25) is 4.79 Å². The maximum atomic E-state index is 12.8. The van der Waals surface area contributed by atoms with Crippen LogP contribution in [0.2, 0.25) is 0 Å². The van der Waals surface area contributed by atoms with E-state index in [0.29, 0.717) is 17.4 Å². The molecule has 2 aromatic rings. The number of benzene rings is 1. The van der Waals surface area contributed by atoms with Crippen molar-refractivity contribution in [3.05, 3.63) is 30.0 Å². The van der Waals surface area contributed by atoms with Crippen molar-refractivity contribution in [1.29, 1.82) is 0 Å². The fraction of sp³-hybridized carbons (Fsp3) is 0.524. The first-order chi connectivity index (χ1) is 13.6. The Hall–Kier alpha value is -2.64. The zero-order chi connectivity index (χ0) is 21.8. The van der Waals surface area contributed by atoms with Gasteiger partial charge < -0.3 is 18.8 Å². The second-order valence-corrected chi connectivity index (χ2v) is 7.77. The summed E-state index contributed by atoms with van der Waals surface area (Å²) in [4.78, 5) is 24.5. The molecule has 29 heavy (non-hydrogen) atoms. The molecule has 0 saturated carbocycles. The molecule has 0 aliphatic carbocycles. The second kappa shape index (κ2) is 9.24. The molecule has 6 nitrogen and oxygen atoms in total. The molecule has 0 amide bonds. The number of aromatic nitrogens is 1. The smallest absolute Gasteiger partial charge is 0.387 e. The standard InChI is InChI=1S/C21H27F2NO5/c1-6-28-18(25)10-13(21(2,3)4)12-24-15-8-7-9-17(29-20(22)23)14(15)11-16(24)19(26)27-5/h7-9,11,13,20H,6,10,12H2,1-5H3. The van der Waals surface area contributed by atoms with Gasteiger partial charge in [0.2, 0.25) is 0 Å². The lowest BCUT2D eigenvalue weighted by atomic mass is 9.78. The quantitative estimate of drug-likeness (QED) is 0.592. The van der Waals surface area contributed by atoms with Gasteiger partial charge >= 0.3 is 18.6 Å². The molecule has 1 aromatic heterocycles.